The van der Waals surface area contributed by atoms with Crippen molar-refractivity contribution in [1.29, 1.82) is 0 Å². The molecular formula is C29H33N3O4S. The van der Waals surface area contributed by atoms with Crippen molar-refractivity contribution >= 4 is 27.5 Å². The molecule has 0 bridgehead atoms. The van der Waals surface area contributed by atoms with Gasteiger partial charge in [0, 0.05) is 12.6 Å². The van der Waals surface area contributed by atoms with E-state index in [1.165, 1.54) is 17.0 Å². The standard InChI is InChI=1S/C29H33N3O4S/c1-23(29(34)30-25-15-11-12-16-25)31(21-24-13-5-2-6-14-24)28(33)22-32(26-17-7-3-8-18-26)37(35,36)27-19-9-4-10-20-27/h2-10,13-14,17-20,23,25H,11-12,15-16,21-22H2,1H3,(H,30,34)/t23-/m1/s1. The van der Waals surface area contributed by atoms with E-state index in [1.807, 2.05) is 30.3 Å². The van der Waals surface area contributed by atoms with Crippen LogP contribution < -0.4 is 9.62 Å². The molecule has 8 heteroatoms. The number of nitrogens with one attached hydrogen (secondary N) is 1. The number of hydrogen-bond acceptors (Lipinski definition) is 4. The molecular weight excluding hydrogens is 486 g/mol. The molecule has 1 aliphatic carbocycles. The summed E-state index contributed by atoms with van der Waals surface area (Å²) in [6, 6.07) is 25.4. The highest BCUT2D eigenvalue weighted by atomic mass is 32.2. The van der Waals surface area contributed by atoms with E-state index >= 15 is 0 Å². The Kier molecular flexibility index (Phi) is 8.61. The van der Waals surface area contributed by atoms with Gasteiger partial charge in [0.2, 0.25) is 11.8 Å². The lowest BCUT2D eigenvalue weighted by Crippen LogP contribution is -2.52. The molecule has 3 aromatic carbocycles. The fourth-order valence-electron chi connectivity index (χ4n) is 4.60. The molecule has 0 aliphatic heterocycles. The van der Waals surface area contributed by atoms with Crippen LogP contribution in [0.4, 0.5) is 5.69 Å². The van der Waals surface area contributed by atoms with Crippen LogP contribution in [0.5, 0.6) is 0 Å². The Labute approximate surface area is 219 Å². The maximum Gasteiger partial charge on any atom is 0.264 e. The first-order valence-electron chi connectivity index (χ1n) is 12.6. The predicted molar refractivity (Wildman–Crippen MR) is 144 cm³/mol. The van der Waals surface area contributed by atoms with Crippen LogP contribution in [0.1, 0.15) is 38.2 Å². The smallest absolute Gasteiger partial charge is 0.264 e. The highest BCUT2D eigenvalue weighted by molar-refractivity contribution is 7.92. The third-order valence-corrected chi connectivity index (χ3v) is 8.51. The molecule has 1 aliphatic rings. The number of rotatable bonds is 10. The number of amides is 2. The van der Waals surface area contributed by atoms with Crippen molar-refractivity contribution in [3.05, 3.63) is 96.6 Å². The molecule has 0 heterocycles. The van der Waals surface area contributed by atoms with Gasteiger partial charge in [-0.15, -0.1) is 0 Å². The topological polar surface area (TPSA) is 86.8 Å². The lowest BCUT2D eigenvalue weighted by molar-refractivity contribution is -0.139. The minimum absolute atomic E-state index is 0.0910. The van der Waals surface area contributed by atoms with Crippen LogP contribution >= 0.6 is 0 Å². The lowest BCUT2D eigenvalue weighted by Gasteiger charge is -2.32. The molecule has 7 nitrogen and oxygen atoms in total. The van der Waals surface area contributed by atoms with Crippen LogP contribution in [-0.2, 0) is 26.2 Å². The Morgan fingerprint density at radius 1 is 0.865 bits per heavy atom. The highest BCUT2D eigenvalue weighted by Gasteiger charge is 2.33. The van der Waals surface area contributed by atoms with Crippen molar-refractivity contribution in [1.82, 2.24) is 10.2 Å². The third kappa shape index (κ3) is 6.57. The first-order valence-corrected chi connectivity index (χ1v) is 14.1. The summed E-state index contributed by atoms with van der Waals surface area (Å²) < 4.78 is 28.4. The molecule has 1 atom stereocenters. The van der Waals surface area contributed by atoms with Crippen molar-refractivity contribution in [3.8, 4) is 0 Å². The van der Waals surface area contributed by atoms with E-state index in [2.05, 4.69) is 5.32 Å². The first-order chi connectivity index (χ1) is 17.9. The molecule has 0 radical (unpaired) electrons. The van der Waals surface area contributed by atoms with E-state index in [0.717, 1.165) is 35.6 Å². The summed E-state index contributed by atoms with van der Waals surface area (Å²) in [6.45, 7) is 1.45. The quantitative estimate of drug-likeness (QED) is 0.431. The first kappa shape index (κ1) is 26.4. The monoisotopic (exact) mass is 519 g/mol. The third-order valence-electron chi connectivity index (χ3n) is 6.72. The maximum atomic E-state index is 13.8. The second-order valence-electron chi connectivity index (χ2n) is 9.33. The molecule has 1 N–H and O–H groups in total. The van der Waals surface area contributed by atoms with E-state index in [9.17, 15) is 18.0 Å². The van der Waals surface area contributed by atoms with Gasteiger partial charge >= 0.3 is 0 Å². The van der Waals surface area contributed by atoms with Gasteiger partial charge in [0.1, 0.15) is 12.6 Å². The van der Waals surface area contributed by atoms with Crippen LogP contribution in [0, 0.1) is 0 Å². The summed E-state index contributed by atoms with van der Waals surface area (Å²) in [5, 5.41) is 3.08. The summed E-state index contributed by atoms with van der Waals surface area (Å²) in [4.78, 5) is 28.6. The number of benzene rings is 3. The predicted octanol–water partition coefficient (Wildman–Crippen LogP) is 4.36. The Morgan fingerprint density at radius 2 is 1.41 bits per heavy atom. The average Bonchev–Trinajstić information content (AvgIpc) is 3.44. The van der Waals surface area contributed by atoms with Crippen molar-refractivity contribution in [2.24, 2.45) is 0 Å². The molecule has 1 fully saturated rings. The summed E-state index contributed by atoms with van der Waals surface area (Å²) in [7, 11) is -4.03. The molecule has 194 valence electrons. The zero-order chi connectivity index (χ0) is 26.3. The number of anilines is 1. The van der Waals surface area contributed by atoms with Gasteiger partial charge in [-0.2, -0.15) is 0 Å². The molecule has 1 saturated carbocycles. The molecule has 0 unspecified atom stereocenters. The molecule has 2 amide bonds. The highest BCUT2D eigenvalue weighted by Crippen LogP contribution is 2.24. The number of carbonyl (C=O) groups is 2. The number of hydrogen-bond donors (Lipinski definition) is 1. The minimum Gasteiger partial charge on any atom is -0.352 e. The Bertz CT molecular complexity index is 1280. The zero-order valence-electron chi connectivity index (χ0n) is 21.0. The number of carbonyl (C=O) groups excluding carboxylic acids is 2. The number of nitrogens with zero attached hydrogens (tertiary/aromatic N) is 2. The van der Waals surface area contributed by atoms with Gasteiger partial charge < -0.3 is 10.2 Å². The Hall–Kier alpha value is -3.65. The maximum absolute atomic E-state index is 13.8. The number of sulfonamides is 1. The van der Waals surface area contributed by atoms with Crippen molar-refractivity contribution in [2.45, 2.75) is 56.1 Å². The van der Waals surface area contributed by atoms with Crippen LogP contribution in [0.2, 0.25) is 0 Å². The number of para-hydroxylation sites is 1. The van der Waals surface area contributed by atoms with Gasteiger partial charge in [-0.3, -0.25) is 13.9 Å². The second kappa shape index (κ2) is 12.1. The second-order valence-corrected chi connectivity index (χ2v) is 11.2. The SMILES string of the molecule is C[C@H](C(=O)NC1CCCC1)N(Cc1ccccc1)C(=O)CN(c1ccccc1)S(=O)(=O)c1ccccc1. The van der Waals surface area contributed by atoms with E-state index in [-0.39, 0.29) is 23.4 Å². The van der Waals surface area contributed by atoms with E-state index in [0.29, 0.717) is 5.69 Å². The fourth-order valence-corrected chi connectivity index (χ4v) is 6.03. The van der Waals surface area contributed by atoms with Gasteiger partial charge in [0.05, 0.1) is 10.6 Å². The summed E-state index contributed by atoms with van der Waals surface area (Å²) in [6.07, 6.45) is 4.02. The molecule has 3 aromatic rings. The van der Waals surface area contributed by atoms with Crippen LogP contribution in [0.15, 0.2) is 95.9 Å². The molecule has 0 spiro atoms. The van der Waals surface area contributed by atoms with Crippen molar-refractivity contribution in [2.75, 3.05) is 10.8 Å². The van der Waals surface area contributed by atoms with Gasteiger partial charge in [-0.05, 0) is 49.6 Å². The van der Waals surface area contributed by atoms with Crippen LogP contribution in [-0.4, -0.2) is 43.8 Å². The summed E-state index contributed by atoms with van der Waals surface area (Å²) in [5.41, 5.74) is 1.23. The fraction of sp³-hybridized carbons (Fsp3) is 0.310. The summed E-state index contributed by atoms with van der Waals surface area (Å²) in [5.74, 6) is -0.686. The molecule has 37 heavy (non-hydrogen) atoms. The van der Waals surface area contributed by atoms with E-state index < -0.39 is 28.5 Å². The Morgan fingerprint density at radius 3 is 2.00 bits per heavy atom. The zero-order valence-corrected chi connectivity index (χ0v) is 21.8. The minimum atomic E-state index is -4.03. The lowest BCUT2D eigenvalue weighted by atomic mass is 10.1. The normalized spacial score (nSPS) is 14.6. The van der Waals surface area contributed by atoms with Gasteiger partial charge in [-0.25, -0.2) is 8.42 Å². The summed E-state index contributed by atoms with van der Waals surface area (Å²) >= 11 is 0. The van der Waals surface area contributed by atoms with Crippen LogP contribution in [0.25, 0.3) is 0 Å². The van der Waals surface area contributed by atoms with Gasteiger partial charge in [0.15, 0.2) is 0 Å². The largest absolute Gasteiger partial charge is 0.352 e. The van der Waals surface area contributed by atoms with Crippen molar-refractivity contribution in [3.63, 3.8) is 0 Å². The van der Waals surface area contributed by atoms with Crippen molar-refractivity contribution < 1.29 is 18.0 Å². The van der Waals surface area contributed by atoms with Gasteiger partial charge in [0.25, 0.3) is 10.0 Å². The van der Waals surface area contributed by atoms with Gasteiger partial charge in [-0.1, -0.05) is 79.6 Å². The molecule has 0 aromatic heterocycles. The Balaban J connectivity index is 1.64. The van der Waals surface area contributed by atoms with Crippen LogP contribution in [0.3, 0.4) is 0 Å². The van der Waals surface area contributed by atoms with E-state index in [4.69, 9.17) is 0 Å². The molecule has 0 saturated heterocycles. The molecule has 4 rings (SSSR count). The van der Waals surface area contributed by atoms with E-state index in [1.54, 1.807) is 55.5 Å². The average molecular weight is 520 g/mol.